The number of rotatable bonds is 1. The molecule has 0 saturated heterocycles. The van der Waals surface area contributed by atoms with Crippen LogP contribution in [0.2, 0.25) is 0 Å². The molecule has 1 nitrogen and oxygen atoms in total. The van der Waals surface area contributed by atoms with Crippen molar-refractivity contribution in [3.05, 3.63) is 29.6 Å². The van der Waals surface area contributed by atoms with Gasteiger partial charge in [0.2, 0.25) is 0 Å². The summed E-state index contributed by atoms with van der Waals surface area (Å²) in [5.41, 5.74) is 2.32. The molecule has 1 rings (SSSR count). The quantitative estimate of drug-likeness (QED) is 0.582. The average Bonchev–Trinajstić information content (AvgIpc) is 1.88. The topological polar surface area (TPSA) is 12.9 Å². The van der Waals surface area contributed by atoms with Gasteiger partial charge in [-0.1, -0.05) is 0 Å². The molecule has 1 heterocycles. The van der Waals surface area contributed by atoms with Crippen molar-refractivity contribution in [3.63, 3.8) is 0 Å². The van der Waals surface area contributed by atoms with Crippen molar-refractivity contribution in [2.75, 3.05) is 0 Å². The molecule has 0 unspecified atom stereocenters. The minimum atomic E-state index is 1.09. The zero-order valence-electron chi connectivity index (χ0n) is 5.46. The van der Waals surface area contributed by atoms with Gasteiger partial charge in [0.25, 0.3) is 0 Å². The number of pyridine rings is 1. The van der Waals surface area contributed by atoms with E-state index >= 15 is 0 Å². The van der Waals surface area contributed by atoms with Crippen LogP contribution in [0, 0.1) is 6.92 Å². The van der Waals surface area contributed by atoms with E-state index in [0.717, 1.165) is 10.7 Å². The van der Waals surface area contributed by atoms with Crippen molar-refractivity contribution in [3.8, 4) is 0 Å². The summed E-state index contributed by atoms with van der Waals surface area (Å²) >= 11 is 1.71. The average molecular weight is 176 g/mol. The summed E-state index contributed by atoms with van der Waals surface area (Å²) in [4.78, 5) is 5.40. The van der Waals surface area contributed by atoms with E-state index in [1.165, 1.54) is 5.69 Å². The molecule has 1 aromatic heterocycles. The summed E-state index contributed by atoms with van der Waals surface area (Å²) in [6.07, 6.45) is 0. The van der Waals surface area contributed by atoms with Gasteiger partial charge in [0.05, 0.1) is 0 Å². The monoisotopic (exact) mass is 175 g/mol. The summed E-state index contributed by atoms with van der Waals surface area (Å²) in [5, 5.41) is 0. The van der Waals surface area contributed by atoms with Crippen molar-refractivity contribution >= 4 is 18.6 Å². The van der Waals surface area contributed by atoms with E-state index in [0.29, 0.717) is 0 Å². The van der Waals surface area contributed by atoms with Gasteiger partial charge in [-0.3, -0.25) is 0 Å². The maximum absolute atomic E-state index is 4.31. The fourth-order valence-electron chi connectivity index (χ4n) is 0.713. The summed E-state index contributed by atoms with van der Waals surface area (Å²) in [5.74, 6) is 0. The zero-order chi connectivity index (χ0) is 6.69. The van der Waals surface area contributed by atoms with Crippen LogP contribution in [-0.2, 0) is 4.98 Å². The van der Waals surface area contributed by atoms with Crippen LogP contribution in [-0.4, -0.2) is 23.6 Å². The summed E-state index contributed by atoms with van der Waals surface area (Å²) in [6, 6.07) is 6.14. The van der Waals surface area contributed by atoms with Gasteiger partial charge < -0.3 is 0 Å². The van der Waals surface area contributed by atoms with E-state index in [2.05, 4.69) is 17.1 Å². The first-order chi connectivity index (χ1) is 4.33. The van der Waals surface area contributed by atoms with Crippen LogP contribution in [0.25, 0.3) is 0 Å². The minimum absolute atomic E-state index is 1.09. The molecule has 9 heavy (non-hydrogen) atoms. The van der Waals surface area contributed by atoms with Crippen molar-refractivity contribution in [1.82, 2.24) is 4.98 Å². The molecule has 0 saturated carbocycles. The van der Waals surface area contributed by atoms with Crippen LogP contribution in [0.1, 0.15) is 11.4 Å². The predicted molar refractivity (Wildman–Crippen MR) is 38.4 cm³/mol. The second kappa shape index (κ2) is 3.08. The molecular formula is C7H8GaN. The van der Waals surface area contributed by atoms with E-state index in [9.17, 15) is 0 Å². The first-order valence-electron chi connectivity index (χ1n) is 2.95. The molecule has 0 atom stereocenters. The Balaban J connectivity index is 2.94. The van der Waals surface area contributed by atoms with Gasteiger partial charge in [0, 0.05) is 0 Å². The van der Waals surface area contributed by atoms with Crippen molar-refractivity contribution in [1.29, 1.82) is 0 Å². The van der Waals surface area contributed by atoms with Gasteiger partial charge in [0.1, 0.15) is 0 Å². The molecule has 0 bridgehead atoms. The number of hydrogen-bond donors (Lipinski definition) is 0. The molecule has 0 spiro atoms. The molecular weight excluding hydrogens is 168 g/mol. The summed E-state index contributed by atoms with van der Waals surface area (Å²) in [7, 11) is 0. The molecule has 2 heteroatoms. The van der Waals surface area contributed by atoms with Crippen molar-refractivity contribution in [2.24, 2.45) is 0 Å². The maximum atomic E-state index is 4.31. The van der Waals surface area contributed by atoms with Gasteiger partial charge >= 0.3 is 65.1 Å². The second-order valence-corrected chi connectivity index (χ2v) is 2.83. The third kappa shape index (κ3) is 1.88. The fourth-order valence-corrected chi connectivity index (χ4v) is 1.19. The van der Waals surface area contributed by atoms with Gasteiger partial charge in [-0.15, -0.1) is 0 Å². The molecule has 0 aromatic carbocycles. The molecule has 0 aliphatic rings. The molecule has 44 valence electrons. The van der Waals surface area contributed by atoms with Gasteiger partial charge in [0.15, 0.2) is 0 Å². The molecule has 0 amide bonds. The SMILES string of the molecule is Cc1cccc([CH2][Ga])n1. The molecule has 0 fully saturated rings. The molecule has 0 aliphatic heterocycles. The van der Waals surface area contributed by atoms with Gasteiger partial charge in [-0.25, -0.2) is 0 Å². The Morgan fingerprint density at radius 3 is 2.78 bits per heavy atom. The third-order valence-electron chi connectivity index (χ3n) is 1.16. The van der Waals surface area contributed by atoms with Crippen LogP contribution in [0.5, 0.6) is 0 Å². The number of nitrogens with zero attached hydrogens (tertiary/aromatic N) is 1. The molecule has 0 aliphatic carbocycles. The van der Waals surface area contributed by atoms with E-state index in [1.807, 2.05) is 13.0 Å². The fraction of sp³-hybridized carbons (Fsp3) is 0.286. The van der Waals surface area contributed by atoms with Crippen LogP contribution in [0.15, 0.2) is 18.2 Å². The van der Waals surface area contributed by atoms with Crippen LogP contribution < -0.4 is 0 Å². The Bertz CT molecular complexity index is 198. The predicted octanol–water partition coefficient (Wildman–Crippen LogP) is 1.06. The molecule has 2 radical (unpaired) electrons. The molecule has 0 N–H and O–H groups in total. The second-order valence-electron chi connectivity index (χ2n) is 1.97. The Hall–Kier alpha value is -0.214. The standard InChI is InChI=1S/C7H8N.Ga/c1-6-4-3-5-7(2)8-6;/h3-5H,1H2,2H3;. The van der Waals surface area contributed by atoms with Gasteiger partial charge in [-0.2, -0.15) is 0 Å². The third-order valence-corrected chi connectivity index (χ3v) is 2.03. The van der Waals surface area contributed by atoms with E-state index in [1.54, 1.807) is 18.6 Å². The normalized spacial score (nSPS) is 9.44. The number of aryl methyl sites for hydroxylation is 1. The van der Waals surface area contributed by atoms with E-state index < -0.39 is 0 Å². The Morgan fingerprint density at radius 1 is 1.56 bits per heavy atom. The van der Waals surface area contributed by atoms with Crippen LogP contribution >= 0.6 is 0 Å². The Kier molecular flexibility index (Phi) is 2.36. The van der Waals surface area contributed by atoms with E-state index in [4.69, 9.17) is 0 Å². The number of hydrogen-bond acceptors (Lipinski definition) is 1. The summed E-state index contributed by atoms with van der Waals surface area (Å²) < 4.78 is 0. The first-order valence-corrected chi connectivity index (χ1v) is 4.67. The number of aromatic nitrogens is 1. The first kappa shape index (κ1) is 6.90. The Morgan fingerprint density at radius 2 is 2.33 bits per heavy atom. The van der Waals surface area contributed by atoms with Crippen molar-refractivity contribution in [2.45, 2.75) is 11.9 Å². The Labute approximate surface area is 65.4 Å². The summed E-state index contributed by atoms with van der Waals surface area (Å²) in [6.45, 7) is 2.02. The van der Waals surface area contributed by atoms with Crippen LogP contribution in [0.4, 0.5) is 0 Å². The van der Waals surface area contributed by atoms with Crippen molar-refractivity contribution < 1.29 is 0 Å². The van der Waals surface area contributed by atoms with Gasteiger partial charge in [-0.05, 0) is 0 Å². The zero-order valence-corrected chi connectivity index (χ0v) is 7.89. The molecule has 1 aromatic rings. The van der Waals surface area contributed by atoms with Crippen LogP contribution in [0.3, 0.4) is 0 Å². The van der Waals surface area contributed by atoms with E-state index in [-0.39, 0.29) is 0 Å².